The molecule has 190 valence electrons. The highest BCUT2D eigenvalue weighted by molar-refractivity contribution is 8.00. The lowest BCUT2D eigenvalue weighted by Gasteiger charge is -2.18. The standard InChI is InChI=1S/C28H22N4O5S/c29-26(33)23-11-4-5-12-24(23)31-28(35)25(18-7-2-1-3-8-18)38-22-15-13-20(14-16-22)30-27(34)19-9-6-10-21(17-19)32(36)37/h1-17,25H,(H2,29,33)(H,30,34)(H,31,35). The number of nitro benzene ring substituents is 1. The molecule has 1 unspecified atom stereocenters. The first-order chi connectivity index (χ1) is 18.3. The van der Waals surface area contributed by atoms with Gasteiger partial charge in [-0.2, -0.15) is 0 Å². The Morgan fingerprint density at radius 1 is 0.816 bits per heavy atom. The van der Waals surface area contributed by atoms with Crippen molar-refractivity contribution in [2.24, 2.45) is 5.73 Å². The van der Waals surface area contributed by atoms with Gasteiger partial charge in [-0.1, -0.05) is 48.5 Å². The van der Waals surface area contributed by atoms with Gasteiger partial charge in [-0.15, -0.1) is 11.8 Å². The van der Waals surface area contributed by atoms with E-state index in [0.29, 0.717) is 11.4 Å². The summed E-state index contributed by atoms with van der Waals surface area (Å²) >= 11 is 1.30. The maximum absolute atomic E-state index is 13.3. The number of hydrogen-bond donors (Lipinski definition) is 3. The number of carbonyl (C=O) groups is 3. The number of nitrogens with one attached hydrogen (secondary N) is 2. The number of carbonyl (C=O) groups excluding carboxylic acids is 3. The molecule has 0 aromatic heterocycles. The van der Waals surface area contributed by atoms with Crippen LogP contribution in [0.3, 0.4) is 0 Å². The van der Waals surface area contributed by atoms with Gasteiger partial charge >= 0.3 is 0 Å². The molecule has 38 heavy (non-hydrogen) atoms. The Balaban J connectivity index is 1.51. The van der Waals surface area contributed by atoms with E-state index in [-0.39, 0.29) is 22.7 Å². The molecule has 0 radical (unpaired) electrons. The van der Waals surface area contributed by atoms with Crippen molar-refractivity contribution in [2.75, 3.05) is 10.6 Å². The van der Waals surface area contributed by atoms with Gasteiger partial charge in [0.1, 0.15) is 5.25 Å². The molecule has 0 bridgehead atoms. The van der Waals surface area contributed by atoms with Gasteiger partial charge in [-0.05, 0) is 48.0 Å². The summed E-state index contributed by atoms with van der Waals surface area (Å²) in [7, 11) is 0. The molecular weight excluding hydrogens is 504 g/mol. The zero-order chi connectivity index (χ0) is 27.1. The second-order valence-electron chi connectivity index (χ2n) is 8.09. The molecule has 4 N–H and O–H groups in total. The van der Waals surface area contributed by atoms with Gasteiger partial charge in [-0.3, -0.25) is 24.5 Å². The number of para-hydroxylation sites is 1. The normalized spacial score (nSPS) is 11.3. The van der Waals surface area contributed by atoms with Gasteiger partial charge in [-0.25, -0.2) is 0 Å². The van der Waals surface area contributed by atoms with Crippen LogP contribution in [0.5, 0.6) is 0 Å². The molecule has 3 amide bonds. The fourth-order valence-corrected chi connectivity index (χ4v) is 4.65. The monoisotopic (exact) mass is 526 g/mol. The number of primary amides is 1. The zero-order valence-electron chi connectivity index (χ0n) is 19.9. The molecule has 0 spiro atoms. The molecule has 0 aliphatic heterocycles. The number of nitro groups is 1. The summed E-state index contributed by atoms with van der Waals surface area (Å²) in [6, 6.07) is 28.1. The van der Waals surface area contributed by atoms with E-state index in [0.717, 1.165) is 10.5 Å². The predicted octanol–water partition coefficient (Wildman–Crippen LogP) is 5.42. The van der Waals surface area contributed by atoms with Gasteiger partial charge in [0.05, 0.1) is 16.2 Å². The summed E-state index contributed by atoms with van der Waals surface area (Å²) in [6.07, 6.45) is 0. The van der Waals surface area contributed by atoms with E-state index in [1.165, 1.54) is 36.0 Å². The lowest BCUT2D eigenvalue weighted by atomic mass is 10.1. The summed E-state index contributed by atoms with van der Waals surface area (Å²) in [4.78, 5) is 48.9. The Kier molecular flexibility index (Phi) is 8.14. The van der Waals surface area contributed by atoms with Crippen LogP contribution in [0.4, 0.5) is 17.1 Å². The fraction of sp³-hybridized carbons (Fsp3) is 0.0357. The molecule has 0 saturated heterocycles. The fourth-order valence-electron chi connectivity index (χ4n) is 3.62. The van der Waals surface area contributed by atoms with E-state index in [4.69, 9.17) is 5.73 Å². The summed E-state index contributed by atoms with van der Waals surface area (Å²) in [5, 5.41) is 15.9. The lowest BCUT2D eigenvalue weighted by Crippen LogP contribution is -2.22. The average Bonchev–Trinajstić information content (AvgIpc) is 2.93. The van der Waals surface area contributed by atoms with Crippen LogP contribution in [-0.4, -0.2) is 22.6 Å². The van der Waals surface area contributed by atoms with E-state index in [1.54, 1.807) is 48.5 Å². The SMILES string of the molecule is NC(=O)c1ccccc1NC(=O)C(Sc1ccc(NC(=O)c2cccc([N+](=O)[O-])c2)cc1)c1ccccc1. The van der Waals surface area contributed by atoms with Crippen LogP contribution in [-0.2, 0) is 4.79 Å². The van der Waals surface area contributed by atoms with Crippen molar-refractivity contribution in [2.45, 2.75) is 10.1 Å². The molecule has 0 fully saturated rings. The van der Waals surface area contributed by atoms with Crippen molar-refractivity contribution in [1.82, 2.24) is 0 Å². The molecule has 0 saturated carbocycles. The van der Waals surface area contributed by atoms with Crippen LogP contribution in [0.15, 0.2) is 108 Å². The molecule has 0 heterocycles. The Morgan fingerprint density at radius 3 is 2.18 bits per heavy atom. The van der Waals surface area contributed by atoms with E-state index >= 15 is 0 Å². The topological polar surface area (TPSA) is 144 Å². The summed E-state index contributed by atoms with van der Waals surface area (Å²) in [5.41, 5.74) is 7.22. The Morgan fingerprint density at radius 2 is 1.50 bits per heavy atom. The van der Waals surface area contributed by atoms with E-state index in [1.807, 2.05) is 30.3 Å². The van der Waals surface area contributed by atoms with Crippen LogP contribution < -0.4 is 16.4 Å². The molecule has 0 aliphatic rings. The Bertz CT molecular complexity index is 1490. The first-order valence-electron chi connectivity index (χ1n) is 11.4. The third kappa shape index (κ3) is 6.42. The molecular formula is C28H22N4O5S. The van der Waals surface area contributed by atoms with E-state index < -0.39 is 22.0 Å². The first kappa shape index (κ1) is 26.1. The van der Waals surface area contributed by atoms with Gasteiger partial charge in [0.25, 0.3) is 17.5 Å². The molecule has 4 aromatic carbocycles. The summed E-state index contributed by atoms with van der Waals surface area (Å²) in [5.74, 6) is -1.46. The van der Waals surface area contributed by atoms with Crippen molar-refractivity contribution < 1.29 is 19.3 Å². The number of thioether (sulfide) groups is 1. The summed E-state index contributed by atoms with van der Waals surface area (Å²) in [6.45, 7) is 0. The van der Waals surface area contributed by atoms with Gasteiger partial charge in [0.2, 0.25) is 5.91 Å². The molecule has 10 heteroatoms. The molecule has 9 nitrogen and oxygen atoms in total. The first-order valence-corrected chi connectivity index (χ1v) is 12.3. The highest BCUT2D eigenvalue weighted by Crippen LogP contribution is 2.37. The van der Waals surface area contributed by atoms with Gasteiger partial charge < -0.3 is 16.4 Å². The number of rotatable bonds is 9. The smallest absolute Gasteiger partial charge is 0.270 e. The van der Waals surface area contributed by atoms with Crippen LogP contribution in [0.2, 0.25) is 0 Å². The minimum Gasteiger partial charge on any atom is -0.366 e. The van der Waals surface area contributed by atoms with Gasteiger partial charge in [0.15, 0.2) is 0 Å². The van der Waals surface area contributed by atoms with Crippen molar-refractivity contribution in [1.29, 1.82) is 0 Å². The second-order valence-corrected chi connectivity index (χ2v) is 9.27. The second kappa shape index (κ2) is 11.8. The number of amides is 3. The van der Waals surface area contributed by atoms with Crippen molar-refractivity contribution >= 4 is 46.5 Å². The van der Waals surface area contributed by atoms with Crippen molar-refractivity contribution in [3.05, 3.63) is 130 Å². The van der Waals surface area contributed by atoms with E-state index in [2.05, 4.69) is 10.6 Å². The maximum atomic E-state index is 13.3. The van der Waals surface area contributed by atoms with Crippen molar-refractivity contribution in [3.63, 3.8) is 0 Å². The lowest BCUT2D eigenvalue weighted by molar-refractivity contribution is -0.384. The largest absolute Gasteiger partial charge is 0.366 e. The van der Waals surface area contributed by atoms with Crippen LogP contribution >= 0.6 is 11.8 Å². The van der Waals surface area contributed by atoms with E-state index in [9.17, 15) is 24.5 Å². The van der Waals surface area contributed by atoms with Crippen molar-refractivity contribution in [3.8, 4) is 0 Å². The van der Waals surface area contributed by atoms with Crippen LogP contribution in [0.25, 0.3) is 0 Å². The van der Waals surface area contributed by atoms with Crippen LogP contribution in [0.1, 0.15) is 31.5 Å². The molecule has 4 aromatic rings. The minimum atomic E-state index is -0.651. The number of nitrogens with zero attached hydrogens (tertiary/aromatic N) is 1. The number of non-ortho nitro benzene ring substituents is 1. The number of nitrogens with two attached hydrogens (primary N) is 1. The third-order valence-corrected chi connectivity index (χ3v) is 6.74. The highest BCUT2D eigenvalue weighted by atomic mass is 32.2. The average molecular weight is 527 g/mol. The third-order valence-electron chi connectivity index (χ3n) is 5.48. The maximum Gasteiger partial charge on any atom is 0.270 e. The summed E-state index contributed by atoms with van der Waals surface area (Å²) < 4.78 is 0. The zero-order valence-corrected chi connectivity index (χ0v) is 20.7. The predicted molar refractivity (Wildman–Crippen MR) is 146 cm³/mol. The molecule has 4 rings (SSSR count). The highest BCUT2D eigenvalue weighted by Gasteiger charge is 2.23. The van der Waals surface area contributed by atoms with Crippen LogP contribution in [0, 0.1) is 10.1 Å². The quantitative estimate of drug-likeness (QED) is 0.151. The molecule has 0 aliphatic carbocycles. The Hall–Kier alpha value is -4.96. The number of hydrogen-bond acceptors (Lipinski definition) is 6. The number of benzene rings is 4. The number of anilines is 2. The Labute approximate surface area is 222 Å². The minimum absolute atomic E-state index is 0.162. The van der Waals surface area contributed by atoms with Gasteiger partial charge in [0, 0.05) is 28.3 Å². The molecule has 1 atom stereocenters.